The van der Waals surface area contributed by atoms with Crippen molar-refractivity contribution in [1.82, 2.24) is 24.6 Å². The lowest BCUT2D eigenvalue weighted by atomic mass is 10.1. The molecule has 168 valence electrons. The molecule has 2 N–H and O–H groups in total. The van der Waals surface area contributed by atoms with Gasteiger partial charge in [0.2, 0.25) is 5.91 Å². The van der Waals surface area contributed by atoms with Crippen LogP contribution in [-0.4, -0.2) is 65.3 Å². The number of hydrogen-bond donors (Lipinski definition) is 2. The highest BCUT2D eigenvalue weighted by Crippen LogP contribution is 2.26. The second-order valence-electron chi connectivity index (χ2n) is 7.74. The van der Waals surface area contributed by atoms with E-state index >= 15 is 0 Å². The number of benzene rings is 1. The van der Waals surface area contributed by atoms with Gasteiger partial charge in [0.25, 0.3) is 10.0 Å². The summed E-state index contributed by atoms with van der Waals surface area (Å²) >= 11 is 5.66. The van der Waals surface area contributed by atoms with Gasteiger partial charge in [-0.1, -0.05) is 24.4 Å². The smallest absolute Gasteiger partial charge is 0.264 e. The largest absolute Gasteiger partial charge is 0.362 e. The van der Waals surface area contributed by atoms with Crippen LogP contribution in [0.2, 0.25) is 0 Å². The molecule has 0 spiro atoms. The molecule has 1 saturated heterocycles. The molecule has 11 heteroatoms. The fourth-order valence-electron chi connectivity index (χ4n) is 3.83. The first-order valence-corrected chi connectivity index (χ1v) is 12.1. The number of hydrogen-bond acceptors (Lipinski definition) is 7. The highest BCUT2D eigenvalue weighted by molar-refractivity contribution is 7.90. The monoisotopic (exact) mass is 472 g/mol. The Kier molecular flexibility index (Phi) is 6.11. The number of H-pyrrole nitrogens is 1. The fraction of sp³-hybridized carbons (Fsp3) is 0.333. The van der Waals surface area contributed by atoms with Crippen LogP contribution in [-0.2, 0) is 21.2 Å². The molecule has 0 atom stereocenters. The first-order valence-electron chi connectivity index (χ1n) is 10.2. The van der Waals surface area contributed by atoms with Crippen LogP contribution < -0.4 is 9.62 Å². The predicted octanol–water partition coefficient (Wildman–Crippen LogP) is 1.78. The molecule has 0 radical (unpaired) electrons. The van der Waals surface area contributed by atoms with Crippen LogP contribution >= 0.6 is 12.2 Å². The molecule has 3 aromatic rings. The molecule has 1 aliphatic rings. The van der Waals surface area contributed by atoms with Gasteiger partial charge in [0.15, 0.2) is 0 Å². The number of amides is 1. The molecule has 0 saturated carbocycles. The summed E-state index contributed by atoms with van der Waals surface area (Å²) in [6.07, 6.45) is 4.08. The average Bonchev–Trinajstić information content (AvgIpc) is 3.14. The Labute approximate surface area is 191 Å². The zero-order valence-corrected chi connectivity index (χ0v) is 19.5. The summed E-state index contributed by atoms with van der Waals surface area (Å²) in [6, 6.07) is 6.43. The molecule has 0 aliphatic carbocycles. The summed E-state index contributed by atoms with van der Waals surface area (Å²) in [6.45, 7) is 6.36. The maximum atomic E-state index is 12.1. The summed E-state index contributed by atoms with van der Waals surface area (Å²) in [7, 11) is -3.83. The van der Waals surface area contributed by atoms with Crippen molar-refractivity contribution < 1.29 is 13.2 Å². The van der Waals surface area contributed by atoms with Crippen LogP contribution in [0.25, 0.3) is 11.0 Å². The molecule has 0 bridgehead atoms. The lowest BCUT2D eigenvalue weighted by Crippen LogP contribution is -2.49. The summed E-state index contributed by atoms with van der Waals surface area (Å²) in [4.78, 5) is 28.4. The van der Waals surface area contributed by atoms with Gasteiger partial charge >= 0.3 is 0 Å². The molecule has 9 nitrogen and oxygen atoms in total. The van der Waals surface area contributed by atoms with E-state index in [0.29, 0.717) is 6.42 Å². The predicted molar refractivity (Wildman–Crippen MR) is 126 cm³/mol. The van der Waals surface area contributed by atoms with Crippen molar-refractivity contribution in [3.63, 3.8) is 0 Å². The van der Waals surface area contributed by atoms with E-state index in [4.69, 9.17) is 12.2 Å². The molecule has 0 unspecified atom stereocenters. The number of fused-ring (bicyclic) bond motifs is 1. The topological polar surface area (TPSA) is 111 Å². The maximum absolute atomic E-state index is 12.1. The van der Waals surface area contributed by atoms with Gasteiger partial charge < -0.3 is 14.8 Å². The van der Waals surface area contributed by atoms with Crippen molar-refractivity contribution >= 4 is 50.0 Å². The van der Waals surface area contributed by atoms with Gasteiger partial charge in [0.1, 0.15) is 17.8 Å². The Morgan fingerprint density at radius 2 is 1.84 bits per heavy atom. The minimum absolute atomic E-state index is 0.0483. The van der Waals surface area contributed by atoms with Crippen molar-refractivity contribution in [2.75, 3.05) is 31.1 Å². The highest BCUT2D eigenvalue weighted by atomic mass is 32.2. The number of nitrogens with zero attached hydrogens (tertiary/aromatic N) is 4. The van der Waals surface area contributed by atoms with E-state index in [1.807, 2.05) is 17.8 Å². The van der Waals surface area contributed by atoms with Crippen LogP contribution in [0.5, 0.6) is 0 Å². The molecule has 3 heterocycles. The first-order chi connectivity index (χ1) is 15.2. The molecule has 1 amide bonds. The van der Waals surface area contributed by atoms with Gasteiger partial charge in [0, 0.05) is 45.7 Å². The molecule has 1 fully saturated rings. The third kappa shape index (κ3) is 4.58. The van der Waals surface area contributed by atoms with Crippen molar-refractivity contribution in [3.8, 4) is 0 Å². The number of thiocarbonyl (C=S) groups is 1. The van der Waals surface area contributed by atoms with E-state index in [2.05, 4.69) is 24.8 Å². The number of carbonyl (C=O) groups is 1. The zero-order chi connectivity index (χ0) is 22.9. The number of sulfonamides is 1. The van der Waals surface area contributed by atoms with Crippen LogP contribution in [0.4, 0.5) is 5.82 Å². The zero-order valence-electron chi connectivity index (χ0n) is 17.8. The summed E-state index contributed by atoms with van der Waals surface area (Å²) in [5.74, 6) is 0.319. The molecular weight excluding hydrogens is 448 g/mol. The Balaban J connectivity index is 1.38. The van der Waals surface area contributed by atoms with Gasteiger partial charge in [-0.15, -0.1) is 0 Å². The van der Waals surface area contributed by atoms with E-state index < -0.39 is 15.9 Å². The van der Waals surface area contributed by atoms with Gasteiger partial charge in [-0.2, -0.15) is 0 Å². The number of rotatable bonds is 5. The molecule has 1 aromatic carbocycles. The van der Waals surface area contributed by atoms with Crippen molar-refractivity contribution in [1.29, 1.82) is 0 Å². The lowest BCUT2D eigenvalue weighted by Gasteiger charge is -2.37. The van der Waals surface area contributed by atoms with Crippen LogP contribution in [0, 0.1) is 6.92 Å². The van der Waals surface area contributed by atoms with Gasteiger partial charge in [-0.3, -0.25) is 4.79 Å². The first kappa shape index (κ1) is 22.2. The Morgan fingerprint density at radius 3 is 2.50 bits per heavy atom. The summed E-state index contributed by atoms with van der Waals surface area (Å²) in [5.41, 5.74) is 2.88. The summed E-state index contributed by atoms with van der Waals surface area (Å²) < 4.78 is 26.1. The number of anilines is 1. The van der Waals surface area contributed by atoms with Crippen LogP contribution in [0.15, 0.2) is 41.7 Å². The van der Waals surface area contributed by atoms with E-state index in [9.17, 15) is 13.2 Å². The highest BCUT2D eigenvalue weighted by Gasteiger charge is 2.23. The van der Waals surface area contributed by atoms with E-state index in [1.165, 1.54) is 12.1 Å². The number of nitrogens with one attached hydrogen (secondary N) is 2. The Morgan fingerprint density at radius 1 is 1.16 bits per heavy atom. The maximum Gasteiger partial charge on any atom is 0.264 e. The lowest BCUT2D eigenvalue weighted by molar-refractivity contribution is -0.117. The van der Waals surface area contributed by atoms with Crippen molar-refractivity contribution in [2.45, 2.75) is 25.2 Å². The second-order valence-corrected chi connectivity index (χ2v) is 9.90. The van der Waals surface area contributed by atoms with Gasteiger partial charge in [0.05, 0.1) is 15.3 Å². The van der Waals surface area contributed by atoms with E-state index in [-0.39, 0.29) is 4.90 Å². The number of carbonyl (C=O) groups excluding carboxylic acids is 1. The second kappa shape index (κ2) is 8.83. The third-order valence-electron chi connectivity index (χ3n) is 5.45. The average molecular weight is 473 g/mol. The van der Waals surface area contributed by atoms with Crippen LogP contribution in [0.1, 0.15) is 18.1 Å². The number of aryl methyl sites for hydroxylation is 1. The van der Waals surface area contributed by atoms with E-state index in [0.717, 1.165) is 66.1 Å². The molecule has 4 rings (SSSR count). The minimum Gasteiger partial charge on any atom is -0.362 e. The Hall–Kier alpha value is -3.05. The van der Waals surface area contributed by atoms with E-state index in [1.54, 1.807) is 18.5 Å². The van der Waals surface area contributed by atoms with Crippen molar-refractivity contribution in [3.05, 3.63) is 47.9 Å². The Bertz CT molecular complexity index is 1260. The molecule has 32 heavy (non-hydrogen) atoms. The minimum atomic E-state index is -3.83. The third-order valence-corrected chi connectivity index (χ3v) is 7.30. The number of aromatic nitrogens is 3. The number of aromatic amines is 1. The molecular formula is C21H24N6O3S2. The quantitative estimate of drug-likeness (QED) is 0.541. The normalized spacial score (nSPS) is 14.6. The van der Waals surface area contributed by atoms with Gasteiger partial charge in [-0.25, -0.2) is 23.1 Å². The molecule has 1 aliphatic heterocycles. The van der Waals surface area contributed by atoms with Crippen LogP contribution in [0.3, 0.4) is 0 Å². The standard InChI is InChI=1S/C21H24N6O3S2/c1-14-12-22-20-19(14)21(24-13-23-20)27-9-7-26(8-10-27)18(31)11-16-3-5-17(6-4-16)32(29,30)25-15(2)28/h3-6,12-13H,7-11H2,1-2H3,(H,25,28)(H,22,23,24). The molecule has 2 aromatic heterocycles. The fourth-order valence-corrected chi connectivity index (χ4v) is 5.17. The van der Waals surface area contributed by atoms with Crippen molar-refractivity contribution in [2.24, 2.45) is 0 Å². The van der Waals surface area contributed by atoms with Gasteiger partial charge in [-0.05, 0) is 30.2 Å². The SMILES string of the molecule is CC(=O)NS(=O)(=O)c1ccc(CC(=S)N2CCN(c3ncnc4[nH]cc(C)c34)CC2)cc1. The number of piperazine rings is 1. The summed E-state index contributed by atoms with van der Waals surface area (Å²) in [5, 5.41) is 1.05.